The summed E-state index contributed by atoms with van der Waals surface area (Å²) in [4.78, 5) is 20.9. The summed E-state index contributed by atoms with van der Waals surface area (Å²) in [5.74, 6) is 0.478. The van der Waals surface area contributed by atoms with E-state index in [1.165, 1.54) is 6.07 Å². The van der Waals surface area contributed by atoms with Crippen molar-refractivity contribution in [2.45, 2.75) is 6.92 Å². The number of halogens is 1. The lowest BCUT2D eigenvalue weighted by atomic mass is 10.2. The van der Waals surface area contributed by atoms with Crippen LogP contribution in [-0.2, 0) is 0 Å². The lowest BCUT2D eigenvalue weighted by Gasteiger charge is -2.10. The van der Waals surface area contributed by atoms with Crippen LogP contribution >= 0.6 is 11.6 Å². The van der Waals surface area contributed by atoms with Crippen LogP contribution in [0.2, 0.25) is 5.02 Å². The molecule has 3 rings (SSSR count). The average Bonchev–Trinajstić information content (AvgIpc) is 2.61. The number of carbonyl (C=O) groups excluding carboxylic acids is 1. The van der Waals surface area contributed by atoms with Gasteiger partial charge in [-0.25, -0.2) is 9.97 Å². The Morgan fingerprint density at radius 1 is 1.12 bits per heavy atom. The summed E-state index contributed by atoms with van der Waals surface area (Å²) < 4.78 is 0. The minimum atomic E-state index is -0.380. The number of nitriles is 1. The molecule has 0 aliphatic carbocycles. The molecule has 26 heavy (non-hydrogen) atoms. The number of anilines is 3. The maximum absolute atomic E-state index is 12.5. The fraction of sp³-hybridized carbons (Fsp3) is 0.0526. The Hall–Kier alpha value is -3.43. The van der Waals surface area contributed by atoms with Gasteiger partial charge in [-0.3, -0.25) is 4.79 Å². The zero-order chi connectivity index (χ0) is 18.5. The molecule has 2 N–H and O–H groups in total. The van der Waals surface area contributed by atoms with Gasteiger partial charge in [-0.2, -0.15) is 5.26 Å². The standard InChI is InChI=1S/C19H14ClN5O/c1-12-22-17(19(26)24-15-7-4-6-14(20)9-15)10-18(23-12)25-16-8-3-2-5-13(16)11-21/h2-10H,1H3,(H,24,26)(H,22,23,25). The maximum Gasteiger partial charge on any atom is 0.274 e. The van der Waals surface area contributed by atoms with Crippen molar-refractivity contribution in [2.75, 3.05) is 10.6 Å². The number of para-hydroxylation sites is 1. The third-order valence-electron chi connectivity index (χ3n) is 3.46. The Morgan fingerprint density at radius 2 is 1.92 bits per heavy atom. The highest BCUT2D eigenvalue weighted by Gasteiger charge is 2.12. The van der Waals surface area contributed by atoms with Crippen LogP contribution in [0.4, 0.5) is 17.2 Å². The summed E-state index contributed by atoms with van der Waals surface area (Å²) in [6.07, 6.45) is 0. The van der Waals surface area contributed by atoms with E-state index in [4.69, 9.17) is 11.6 Å². The summed E-state index contributed by atoms with van der Waals surface area (Å²) in [5, 5.41) is 15.5. The molecule has 1 heterocycles. The van der Waals surface area contributed by atoms with E-state index in [-0.39, 0.29) is 11.6 Å². The highest BCUT2D eigenvalue weighted by molar-refractivity contribution is 6.30. The Kier molecular flexibility index (Phi) is 5.11. The quantitative estimate of drug-likeness (QED) is 0.720. The molecule has 2 aromatic carbocycles. The highest BCUT2D eigenvalue weighted by atomic mass is 35.5. The monoisotopic (exact) mass is 363 g/mol. The minimum absolute atomic E-state index is 0.203. The third-order valence-corrected chi connectivity index (χ3v) is 3.70. The van der Waals surface area contributed by atoms with Crippen LogP contribution < -0.4 is 10.6 Å². The molecule has 0 bridgehead atoms. The summed E-state index contributed by atoms with van der Waals surface area (Å²) >= 11 is 5.93. The lowest BCUT2D eigenvalue weighted by Crippen LogP contribution is -2.15. The van der Waals surface area contributed by atoms with Gasteiger partial charge in [-0.15, -0.1) is 0 Å². The van der Waals surface area contributed by atoms with Gasteiger partial charge in [0.25, 0.3) is 5.91 Å². The van der Waals surface area contributed by atoms with Crippen molar-refractivity contribution in [3.05, 3.63) is 76.7 Å². The first-order chi connectivity index (χ1) is 12.5. The molecule has 3 aromatic rings. The number of hydrogen-bond acceptors (Lipinski definition) is 5. The smallest absolute Gasteiger partial charge is 0.274 e. The van der Waals surface area contributed by atoms with Gasteiger partial charge in [-0.05, 0) is 37.3 Å². The van der Waals surface area contributed by atoms with Gasteiger partial charge in [-0.1, -0.05) is 29.8 Å². The van der Waals surface area contributed by atoms with E-state index >= 15 is 0 Å². The van der Waals surface area contributed by atoms with Crippen LogP contribution in [0.5, 0.6) is 0 Å². The van der Waals surface area contributed by atoms with Gasteiger partial charge in [0.05, 0.1) is 11.3 Å². The van der Waals surface area contributed by atoms with Gasteiger partial charge in [0.1, 0.15) is 23.4 Å². The van der Waals surface area contributed by atoms with Crippen LogP contribution in [0.1, 0.15) is 21.9 Å². The molecule has 1 amide bonds. The van der Waals surface area contributed by atoms with Crippen molar-refractivity contribution in [1.29, 1.82) is 5.26 Å². The first-order valence-electron chi connectivity index (χ1n) is 7.74. The van der Waals surface area contributed by atoms with E-state index in [0.29, 0.717) is 33.6 Å². The second-order valence-corrected chi connectivity index (χ2v) is 5.87. The van der Waals surface area contributed by atoms with Crippen LogP contribution in [0.15, 0.2) is 54.6 Å². The van der Waals surface area contributed by atoms with Gasteiger partial charge in [0, 0.05) is 16.8 Å². The van der Waals surface area contributed by atoms with Crippen molar-refractivity contribution in [2.24, 2.45) is 0 Å². The van der Waals surface area contributed by atoms with Crippen molar-refractivity contribution >= 4 is 34.7 Å². The molecule has 0 aliphatic rings. The third kappa shape index (κ3) is 4.15. The molecule has 7 heteroatoms. The lowest BCUT2D eigenvalue weighted by molar-refractivity contribution is 0.102. The normalized spacial score (nSPS) is 10.0. The molecule has 6 nitrogen and oxygen atoms in total. The summed E-state index contributed by atoms with van der Waals surface area (Å²) in [7, 11) is 0. The Labute approximate surface area is 155 Å². The number of rotatable bonds is 4. The maximum atomic E-state index is 12.5. The van der Waals surface area contributed by atoms with E-state index < -0.39 is 0 Å². The molecular formula is C19H14ClN5O. The number of carbonyl (C=O) groups is 1. The van der Waals surface area contributed by atoms with Gasteiger partial charge < -0.3 is 10.6 Å². The number of aryl methyl sites for hydroxylation is 1. The number of nitrogens with one attached hydrogen (secondary N) is 2. The van der Waals surface area contributed by atoms with Crippen molar-refractivity contribution in [1.82, 2.24) is 9.97 Å². The molecule has 0 fully saturated rings. The minimum Gasteiger partial charge on any atom is -0.339 e. The molecule has 0 unspecified atom stereocenters. The van der Waals surface area contributed by atoms with Crippen LogP contribution in [0, 0.1) is 18.3 Å². The summed E-state index contributed by atoms with van der Waals surface area (Å²) in [6.45, 7) is 1.69. The zero-order valence-electron chi connectivity index (χ0n) is 13.8. The Bertz CT molecular complexity index is 1010. The Morgan fingerprint density at radius 3 is 2.69 bits per heavy atom. The van der Waals surface area contributed by atoms with Gasteiger partial charge in [0.15, 0.2) is 0 Å². The number of hydrogen-bond donors (Lipinski definition) is 2. The van der Waals surface area contributed by atoms with Crippen molar-refractivity contribution < 1.29 is 4.79 Å². The number of amides is 1. The van der Waals surface area contributed by atoms with E-state index in [9.17, 15) is 10.1 Å². The first-order valence-corrected chi connectivity index (χ1v) is 8.12. The van der Waals surface area contributed by atoms with Crippen molar-refractivity contribution in [3.8, 4) is 6.07 Å². The predicted octanol–water partition coefficient (Wildman–Crippen LogP) is 4.31. The first kappa shape index (κ1) is 17.4. The average molecular weight is 364 g/mol. The van der Waals surface area contributed by atoms with Gasteiger partial charge in [0.2, 0.25) is 0 Å². The van der Waals surface area contributed by atoms with E-state index in [1.807, 2.05) is 6.07 Å². The predicted molar refractivity (Wildman–Crippen MR) is 101 cm³/mol. The SMILES string of the molecule is Cc1nc(Nc2ccccc2C#N)cc(C(=O)Nc2cccc(Cl)c2)n1. The summed E-state index contributed by atoms with van der Waals surface area (Å²) in [5.41, 5.74) is 1.86. The molecule has 0 atom stereocenters. The second-order valence-electron chi connectivity index (χ2n) is 5.43. The number of benzene rings is 2. The zero-order valence-corrected chi connectivity index (χ0v) is 14.6. The fourth-order valence-electron chi connectivity index (χ4n) is 2.34. The number of nitrogens with zero attached hydrogens (tertiary/aromatic N) is 3. The molecule has 0 saturated heterocycles. The molecule has 1 aromatic heterocycles. The summed E-state index contributed by atoms with van der Waals surface area (Å²) in [6, 6.07) is 17.5. The molecule has 0 spiro atoms. The van der Waals surface area contributed by atoms with Crippen LogP contribution in [-0.4, -0.2) is 15.9 Å². The molecular weight excluding hydrogens is 350 g/mol. The van der Waals surface area contributed by atoms with Crippen molar-refractivity contribution in [3.63, 3.8) is 0 Å². The molecule has 0 aliphatic heterocycles. The van der Waals surface area contributed by atoms with E-state index in [0.717, 1.165) is 0 Å². The Balaban J connectivity index is 1.85. The topological polar surface area (TPSA) is 90.7 Å². The van der Waals surface area contributed by atoms with Crippen LogP contribution in [0.3, 0.4) is 0 Å². The van der Waals surface area contributed by atoms with E-state index in [1.54, 1.807) is 49.4 Å². The highest BCUT2D eigenvalue weighted by Crippen LogP contribution is 2.20. The molecule has 0 radical (unpaired) electrons. The van der Waals surface area contributed by atoms with E-state index in [2.05, 4.69) is 26.7 Å². The second kappa shape index (κ2) is 7.64. The largest absolute Gasteiger partial charge is 0.339 e. The van der Waals surface area contributed by atoms with Gasteiger partial charge >= 0.3 is 0 Å². The number of aromatic nitrogens is 2. The molecule has 0 saturated carbocycles. The molecule has 128 valence electrons. The van der Waals surface area contributed by atoms with Crippen LogP contribution in [0.25, 0.3) is 0 Å². The fourth-order valence-corrected chi connectivity index (χ4v) is 2.53.